The second-order valence-electron chi connectivity index (χ2n) is 6.69. The molecule has 1 fully saturated rings. The van der Waals surface area contributed by atoms with Gasteiger partial charge < -0.3 is 9.42 Å². The van der Waals surface area contributed by atoms with Gasteiger partial charge >= 0.3 is 0 Å². The minimum Gasteiger partial charge on any atom is -0.361 e. The van der Waals surface area contributed by atoms with Crippen LogP contribution in [0.4, 0.5) is 0 Å². The van der Waals surface area contributed by atoms with Crippen molar-refractivity contribution < 1.29 is 17.7 Å². The van der Waals surface area contributed by atoms with E-state index in [-0.39, 0.29) is 18.4 Å². The molecule has 0 unspecified atom stereocenters. The number of nitrogens with zero attached hydrogens (tertiary/aromatic N) is 3. The fraction of sp³-hybridized carbons (Fsp3) is 0.750. The number of piperidine rings is 1. The topological polar surface area (TPSA) is 95.7 Å². The molecule has 0 radical (unpaired) electrons. The van der Waals surface area contributed by atoms with Gasteiger partial charge in [0.15, 0.2) is 0 Å². The minimum absolute atomic E-state index is 0.0505. The molecule has 0 spiro atoms. The number of hydrogen-bond donors (Lipinski definition) is 1. The molecule has 1 N–H and O–H groups in total. The van der Waals surface area contributed by atoms with Crippen LogP contribution < -0.4 is 4.72 Å². The molecule has 1 aromatic heterocycles. The van der Waals surface area contributed by atoms with Crippen LogP contribution in [0.3, 0.4) is 0 Å². The lowest BCUT2D eigenvalue weighted by atomic mass is 9.98. The molecule has 1 saturated heterocycles. The van der Waals surface area contributed by atoms with Gasteiger partial charge in [-0.25, -0.2) is 4.72 Å². The first kappa shape index (κ1) is 19.9. The predicted molar refractivity (Wildman–Crippen MR) is 94.3 cm³/mol. The number of aryl methyl sites for hydroxylation is 2. The molecule has 2 heterocycles. The molecular formula is C16H28N4O4S. The summed E-state index contributed by atoms with van der Waals surface area (Å²) in [6.45, 7) is 4.68. The summed E-state index contributed by atoms with van der Waals surface area (Å²) in [6.07, 6.45) is 3.83. The van der Waals surface area contributed by atoms with Crippen molar-refractivity contribution in [2.75, 3.05) is 27.2 Å². The van der Waals surface area contributed by atoms with Gasteiger partial charge in [-0.1, -0.05) is 5.16 Å². The second-order valence-corrected chi connectivity index (χ2v) is 8.66. The lowest BCUT2D eigenvalue weighted by Crippen LogP contribution is -2.46. The number of amides is 1. The Morgan fingerprint density at radius 1 is 1.36 bits per heavy atom. The molecule has 1 aliphatic rings. The van der Waals surface area contributed by atoms with E-state index in [1.165, 1.54) is 14.1 Å². The van der Waals surface area contributed by atoms with Crippen molar-refractivity contribution in [1.82, 2.24) is 19.1 Å². The predicted octanol–water partition coefficient (Wildman–Crippen LogP) is 1.00. The van der Waals surface area contributed by atoms with E-state index in [9.17, 15) is 13.2 Å². The molecule has 9 heteroatoms. The summed E-state index contributed by atoms with van der Waals surface area (Å²) in [7, 11) is -0.453. The number of rotatable bonds is 7. The van der Waals surface area contributed by atoms with Crippen LogP contribution in [0.15, 0.2) is 4.52 Å². The lowest BCUT2D eigenvalue weighted by molar-refractivity contribution is -0.134. The Balaban J connectivity index is 1.96. The van der Waals surface area contributed by atoms with Crippen molar-refractivity contribution in [3.05, 3.63) is 17.0 Å². The molecule has 1 aliphatic heterocycles. The molecule has 0 aliphatic carbocycles. The van der Waals surface area contributed by atoms with Crippen molar-refractivity contribution in [3.63, 3.8) is 0 Å². The number of likely N-dealkylation sites (tertiary alicyclic amines) is 1. The van der Waals surface area contributed by atoms with Gasteiger partial charge in [-0.2, -0.15) is 12.7 Å². The lowest BCUT2D eigenvalue weighted by Gasteiger charge is -2.36. The molecule has 1 atom stereocenters. The number of carbonyl (C=O) groups is 1. The first-order valence-corrected chi connectivity index (χ1v) is 10.0. The van der Waals surface area contributed by atoms with Crippen molar-refractivity contribution in [1.29, 1.82) is 0 Å². The summed E-state index contributed by atoms with van der Waals surface area (Å²) in [6, 6.07) is 0.0617. The molecule has 0 bridgehead atoms. The summed E-state index contributed by atoms with van der Waals surface area (Å²) < 4.78 is 32.4. The molecule has 2 rings (SSSR count). The maximum Gasteiger partial charge on any atom is 0.278 e. The van der Waals surface area contributed by atoms with Crippen LogP contribution in [0.1, 0.15) is 42.7 Å². The highest BCUT2D eigenvalue weighted by atomic mass is 32.2. The van der Waals surface area contributed by atoms with Crippen molar-refractivity contribution in [2.24, 2.45) is 0 Å². The quantitative estimate of drug-likeness (QED) is 0.770. The summed E-state index contributed by atoms with van der Waals surface area (Å²) in [5.74, 6) is 0.729. The van der Waals surface area contributed by atoms with E-state index in [1.54, 1.807) is 0 Å². The summed E-state index contributed by atoms with van der Waals surface area (Å²) in [5, 5.41) is 3.90. The van der Waals surface area contributed by atoms with E-state index in [1.807, 2.05) is 18.7 Å². The smallest absolute Gasteiger partial charge is 0.278 e. The standard InChI is InChI=1S/C16H28N4O4S/c1-12-15(13(2)24-18-12)11-16(21)20-10-6-5-7-14(20)8-9-17-25(22,23)19(3)4/h14,17H,5-11H2,1-4H3/t14-/m0/s1. The van der Waals surface area contributed by atoms with E-state index in [4.69, 9.17) is 4.52 Å². The van der Waals surface area contributed by atoms with E-state index in [2.05, 4.69) is 9.88 Å². The van der Waals surface area contributed by atoms with Crippen molar-refractivity contribution in [2.45, 2.75) is 52.0 Å². The molecule has 1 aromatic rings. The van der Waals surface area contributed by atoms with E-state index in [0.29, 0.717) is 25.3 Å². The van der Waals surface area contributed by atoms with Crippen LogP contribution in [-0.4, -0.2) is 61.9 Å². The Morgan fingerprint density at radius 2 is 2.08 bits per heavy atom. The number of nitrogens with one attached hydrogen (secondary N) is 1. The summed E-state index contributed by atoms with van der Waals surface area (Å²) in [4.78, 5) is 14.6. The third-order valence-corrected chi connectivity index (χ3v) is 6.23. The highest BCUT2D eigenvalue weighted by molar-refractivity contribution is 7.87. The van der Waals surface area contributed by atoms with Crippen LogP contribution in [0.5, 0.6) is 0 Å². The fourth-order valence-electron chi connectivity index (χ4n) is 3.12. The zero-order valence-electron chi connectivity index (χ0n) is 15.4. The molecule has 8 nitrogen and oxygen atoms in total. The monoisotopic (exact) mass is 372 g/mol. The van der Waals surface area contributed by atoms with Crippen LogP contribution in [0.2, 0.25) is 0 Å². The van der Waals surface area contributed by atoms with E-state index in [0.717, 1.165) is 34.8 Å². The van der Waals surface area contributed by atoms with Gasteiger partial charge in [0.1, 0.15) is 5.76 Å². The van der Waals surface area contributed by atoms with Gasteiger partial charge in [-0.15, -0.1) is 0 Å². The van der Waals surface area contributed by atoms with Gasteiger partial charge in [0, 0.05) is 38.8 Å². The highest BCUT2D eigenvalue weighted by Crippen LogP contribution is 2.22. The maximum atomic E-state index is 12.8. The van der Waals surface area contributed by atoms with E-state index >= 15 is 0 Å². The average molecular weight is 372 g/mol. The van der Waals surface area contributed by atoms with Crippen LogP contribution in [0, 0.1) is 13.8 Å². The first-order chi connectivity index (χ1) is 11.7. The SMILES string of the molecule is Cc1noc(C)c1CC(=O)N1CCCC[C@H]1CCNS(=O)(=O)N(C)C. The largest absolute Gasteiger partial charge is 0.361 e. The van der Waals surface area contributed by atoms with Gasteiger partial charge in [-0.3, -0.25) is 4.79 Å². The Kier molecular flexibility index (Phi) is 6.59. The summed E-state index contributed by atoms with van der Waals surface area (Å²) >= 11 is 0. The molecule has 25 heavy (non-hydrogen) atoms. The molecule has 0 saturated carbocycles. The van der Waals surface area contributed by atoms with E-state index < -0.39 is 10.2 Å². The van der Waals surface area contributed by atoms with Crippen molar-refractivity contribution in [3.8, 4) is 0 Å². The Hall–Kier alpha value is -1.45. The Bertz CT molecular complexity index is 679. The van der Waals surface area contributed by atoms with Crippen LogP contribution >= 0.6 is 0 Å². The van der Waals surface area contributed by atoms with Gasteiger partial charge in [-0.05, 0) is 39.5 Å². The fourth-order valence-corrected chi connectivity index (χ4v) is 3.75. The first-order valence-electron chi connectivity index (χ1n) is 8.60. The van der Waals surface area contributed by atoms with Crippen LogP contribution in [-0.2, 0) is 21.4 Å². The summed E-state index contributed by atoms with van der Waals surface area (Å²) in [5.41, 5.74) is 1.60. The number of hydrogen-bond acceptors (Lipinski definition) is 5. The van der Waals surface area contributed by atoms with Crippen LogP contribution in [0.25, 0.3) is 0 Å². The third-order valence-electron chi connectivity index (χ3n) is 4.70. The number of aromatic nitrogens is 1. The highest BCUT2D eigenvalue weighted by Gasteiger charge is 2.28. The third kappa shape index (κ3) is 5.02. The molecule has 1 amide bonds. The normalized spacial score (nSPS) is 18.8. The van der Waals surface area contributed by atoms with Gasteiger partial charge in [0.25, 0.3) is 10.2 Å². The molecule has 142 valence electrons. The van der Waals surface area contributed by atoms with Gasteiger partial charge in [0.2, 0.25) is 5.91 Å². The zero-order chi connectivity index (χ0) is 18.6. The average Bonchev–Trinajstić information content (AvgIpc) is 2.87. The maximum absolute atomic E-state index is 12.8. The molecule has 0 aromatic carbocycles. The number of carbonyl (C=O) groups excluding carboxylic acids is 1. The molecular weight excluding hydrogens is 344 g/mol. The minimum atomic E-state index is -3.43. The Labute approximate surface area is 149 Å². The zero-order valence-corrected chi connectivity index (χ0v) is 16.2. The van der Waals surface area contributed by atoms with Gasteiger partial charge in [0.05, 0.1) is 12.1 Å². The Morgan fingerprint density at radius 3 is 2.68 bits per heavy atom. The second kappa shape index (κ2) is 8.29. The van der Waals surface area contributed by atoms with Crippen molar-refractivity contribution >= 4 is 16.1 Å².